The standard InChI is InChI=1S/C19H27NO/c1-13-8-9-14(2)17(12-13)19(21)15(3)20-11-10-16-6-4-5-7-18(16)20/h8-9,12,15-16,18H,4-7,10-11H2,1-3H3. The highest BCUT2D eigenvalue weighted by molar-refractivity contribution is 6.01. The molecule has 1 heterocycles. The Labute approximate surface area is 128 Å². The van der Waals surface area contributed by atoms with Gasteiger partial charge < -0.3 is 0 Å². The number of fused-ring (bicyclic) bond motifs is 1. The number of nitrogens with zero attached hydrogens (tertiary/aromatic N) is 1. The van der Waals surface area contributed by atoms with Gasteiger partial charge in [-0.3, -0.25) is 9.69 Å². The molecule has 3 rings (SSSR count). The lowest BCUT2D eigenvalue weighted by Gasteiger charge is -2.35. The Bertz CT molecular complexity index is 536. The van der Waals surface area contributed by atoms with Gasteiger partial charge in [0.05, 0.1) is 6.04 Å². The molecule has 0 radical (unpaired) electrons. The molecule has 1 aromatic carbocycles. The third-order valence-corrected chi connectivity index (χ3v) is 5.59. The maximum absolute atomic E-state index is 12.9. The Morgan fingerprint density at radius 2 is 1.95 bits per heavy atom. The normalized spacial score (nSPS) is 27.4. The monoisotopic (exact) mass is 285 g/mol. The third kappa shape index (κ3) is 2.78. The predicted octanol–water partition coefficient (Wildman–Crippen LogP) is 4.14. The van der Waals surface area contributed by atoms with Gasteiger partial charge in [0, 0.05) is 11.6 Å². The third-order valence-electron chi connectivity index (χ3n) is 5.59. The number of aryl methyl sites for hydroxylation is 2. The van der Waals surface area contributed by atoms with E-state index in [9.17, 15) is 4.79 Å². The summed E-state index contributed by atoms with van der Waals surface area (Å²) in [5.74, 6) is 1.15. The molecule has 1 saturated carbocycles. The molecule has 3 unspecified atom stereocenters. The molecule has 0 spiro atoms. The molecule has 1 aliphatic heterocycles. The number of rotatable bonds is 3. The van der Waals surface area contributed by atoms with Crippen LogP contribution in [0, 0.1) is 19.8 Å². The average molecular weight is 285 g/mol. The van der Waals surface area contributed by atoms with Crippen molar-refractivity contribution in [1.82, 2.24) is 4.90 Å². The SMILES string of the molecule is Cc1ccc(C)c(C(=O)C(C)N2CCC3CCCCC32)c1. The summed E-state index contributed by atoms with van der Waals surface area (Å²) in [7, 11) is 0. The van der Waals surface area contributed by atoms with E-state index in [1.807, 2.05) is 6.92 Å². The minimum Gasteiger partial charge on any atom is -0.292 e. The maximum atomic E-state index is 12.9. The molecule has 2 fully saturated rings. The molecule has 1 aromatic rings. The van der Waals surface area contributed by atoms with Crippen molar-refractivity contribution in [3.05, 3.63) is 34.9 Å². The smallest absolute Gasteiger partial charge is 0.179 e. The van der Waals surface area contributed by atoms with E-state index in [0.29, 0.717) is 11.8 Å². The van der Waals surface area contributed by atoms with Crippen LogP contribution in [0.3, 0.4) is 0 Å². The van der Waals surface area contributed by atoms with Crippen molar-refractivity contribution >= 4 is 5.78 Å². The summed E-state index contributed by atoms with van der Waals surface area (Å²) in [4.78, 5) is 15.4. The number of carbonyl (C=O) groups is 1. The first-order chi connectivity index (χ1) is 10.1. The molecule has 2 nitrogen and oxygen atoms in total. The molecular weight excluding hydrogens is 258 g/mol. The van der Waals surface area contributed by atoms with E-state index in [4.69, 9.17) is 0 Å². The topological polar surface area (TPSA) is 20.3 Å². The molecule has 0 N–H and O–H groups in total. The van der Waals surface area contributed by atoms with Gasteiger partial charge in [0.15, 0.2) is 5.78 Å². The van der Waals surface area contributed by atoms with Crippen molar-refractivity contribution < 1.29 is 4.79 Å². The van der Waals surface area contributed by atoms with Crippen molar-refractivity contribution in [2.75, 3.05) is 6.54 Å². The summed E-state index contributed by atoms with van der Waals surface area (Å²) in [6.45, 7) is 7.33. The van der Waals surface area contributed by atoms with Crippen LogP contribution in [0.25, 0.3) is 0 Å². The quantitative estimate of drug-likeness (QED) is 0.778. The minimum absolute atomic E-state index is 0.0265. The number of carbonyl (C=O) groups excluding carboxylic acids is 1. The predicted molar refractivity (Wildman–Crippen MR) is 86.8 cm³/mol. The fraction of sp³-hybridized carbons (Fsp3) is 0.632. The second-order valence-electron chi connectivity index (χ2n) is 7.00. The van der Waals surface area contributed by atoms with Crippen molar-refractivity contribution in [2.24, 2.45) is 5.92 Å². The molecule has 2 heteroatoms. The Hall–Kier alpha value is -1.15. The van der Waals surface area contributed by atoms with E-state index in [2.05, 4.69) is 36.9 Å². The van der Waals surface area contributed by atoms with Gasteiger partial charge >= 0.3 is 0 Å². The van der Waals surface area contributed by atoms with Crippen LogP contribution in [0.5, 0.6) is 0 Å². The average Bonchev–Trinajstić information content (AvgIpc) is 2.92. The van der Waals surface area contributed by atoms with E-state index in [1.165, 1.54) is 37.7 Å². The lowest BCUT2D eigenvalue weighted by Crippen LogP contribution is -2.44. The number of Topliss-reactive ketones (excluding diaryl/α,β-unsaturated/α-hetero) is 1. The number of benzene rings is 1. The lowest BCUT2D eigenvalue weighted by atomic mass is 9.84. The summed E-state index contributed by atoms with van der Waals surface area (Å²) >= 11 is 0. The lowest BCUT2D eigenvalue weighted by molar-refractivity contribution is 0.0770. The fourth-order valence-electron chi connectivity index (χ4n) is 4.30. The van der Waals surface area contributed by atoms with Gasteiger partial charge in [0.1, 0.15) is 0 Å². The van der Waals surface area contributed by atoms with Gasteiger partial charge in [-0.1, -0.05) is 30.5 Å². The Balaban J connectivity index is 1.79. The number of ketones is 1. The van der Waals surface area contributed by atoms with E-state index in [1.54, 1.807) is 0 Å². The highest BCUT2D eigenvalue weighted by atomic mass is 16.1. The zero-order chi connectivity index (χ0) is 15.0. The molecule has 1 saturated heterocycles. The van der Waals surface area contributed by atoms with Crippen LogP contribution < -0.4 is 0 Å². The van der Waals surface area contributed by atoms with E-state index in [0.717, 1.165) is 23.6 Å². The molecule has 0 bridgehead atoms. The first-order valence-electron chi connectivity index (χ1n) is 8.45. The van der Waals surface area contributed by atoms with E-state index < -0.39 is 0 Å². The van der Waals surface area contributed by atoms with E-state index in [-0.39, 0.29) is 6.04 Å². The van der Waals surface area contributed by atoms with Gasteiger partial charge in [-0.2, -0.15) is 0 Å². The van der Waals surface area contributed by atoms with E-state index >= 15 is 0 Å². The Morgan fingerprint density at radius 3 is 2.76 bits per heavy atom. The summed E-state index contributed by atoms with van der Waals surface area (Å²) in [6.07, 6.45) is 6.66. The molecule has 3 atom stereocenters. The number of likely N-dealkylation sites (tertiary alicyclic amines) is 1. The van der Waals surface area contributed by atoms with Crippen molar-refractivity contribution in [1.29, 1.82) is 0 Å². The fourth-order valence-corrected chi connectivity index (χ4v) is 4.30. The molecule has 114 valence electrons. The Morgan fingerprint density at radius 1 is 1.19 bits per heavy atom. The van der Waals surface area contributed by atoms with Crippen LogP contribution in [0.4, 0.5) is 0 Å². The highest BCUT2D eigenvalue weighted by Gasteiger charge is 2.39. The van der Waals surface area contributed by atoms with Crippen LogP contribution in [0.1, 0.15) is 60.5 Å². The molecule has 1 aliphatic carbocycles. The van der Waals surface area contributed by atoms with Crippen LogP contribution >= 0.6 is 0 Å². The van der Waals surface area contributed by atoms with Crippen LogP contribution in [0.15, 0.2) is 18.2 Å². The first-order valence-corrected chi connectivity index (χ1v) is 8.45. The molecular formula is C19H27NO. The summed E-state index contributed by atoms with van der Waals surface area (Å²) in [6, 6.07) is 6.90. The summed E-state index contributed by atoms with van der Waals surface area (Å²) in [5.41, 5.74) is 3.20. The zero-order valence-corrected chi connectivity index (χ0v) is 13.6. The van der Waals surface area contributed by atoms with Crippen LogP contribution in [-0.4, -0.2) is 29.3 Å². The van der Waals surface area contributed by atoms with Crippen molar-refractivity contribution in [3.8, 4) is 0 Å². The van der Waals surface area contributed by atoms with Gasteiger partial charge in [-0.25, -0.2) is 0 Å². The maximum Gasteiger partial charge on any atom is 0.179 e. The number of hydrogen-bond donors (Lipinski definition) is 0. The summed E-state index contributed by atoms with van der Waals surface area (Å²) < 4.78 is 0. The molecule has 0 aromatic heterocycles. The second kappa shape index (κ2) is 5.92. The zero-order valence-electron chi connectivity index (χ0n) is 13.6. The molecule has 2 aliphatic rings. The molecule has 21 heavy (non-hydrogen) atoms. The first kappa shape index (κ1) is 14.8. The van der Waals surface area contributed by atoms with Crippen LogP contribution in [0.2, 0.25) is 0 Å². The molecule has 0 amide bonds. The van der Waals surface area contributed by atoms with Crippen molar-refractivity contribution in [2.45, 2.75) is 65.0 Å². The van der Waals surface area contributed by atoms with Gasteiger partial charge in [0.25, 0.3) is 0 Å². The number of hydrogen-bond acceptors (Lipinski definition) is 2. The summed E-state index contributed by atoms with van der Waals surface area (Å²) in [5, 5.41) is 0. The van der Waals surface area contributed by atoms with Crippen molar-refractivity contribution in [3.63, 3.8) is 0 Å². The largest absolute Gasteiger partial charge is 0.292 e. The van der Waals surface area contributed by atoms with Gasteiger partial charge in [-0.15, -0.1) is 0 Å². The minimum atomic E-state index is 0.0265. The second-order valence-corrected chi connectivity index (χ2v) is 7.00. The highest BCUT2D eigenvalue weighted by Crippen LogP contribution is 2.37. The Kier molecular flexibility index (Phi) is 4.17. The van der Waals surface area contributed by atoms with Crippen LogP contribution in [-0.2, 0) is 0 Å². The van der Waals surface area contributed by atoms with Gasteiger partial charge in [0.2, 0.25) is 0 Å². The van der Waals surface area contributed by atoms with Gasteiger partial charge in [-0.05, 0) is 64.1 Å².